The van der Waals surface area contributed by atoms with Gasteiger partial charge in [-0.2, -0.15) is 0 Å². The molecule has 82 heavy (non-hydrogen) atoms. The lowest BCUT2D eigenvalue weighted by atomic mass is 9.98. The van der Waals surface area contributed by atoms with Crippen molar-refractivity contribution in [2.75, 3.05) is 0 Å². The monoisotopic (exact) mass is 1040 g/mol. The normalized spacial score (nSPS) is 11.7. The van der Waals surface area contributed by atoms with Gasteiger partial charge < -0.3 is 18.3 Å². The van der Waals surface area contributed by atoms with Crippen molar-refractivity contribution >= 4 is 87.2 Å². The molecule has 0 aliphatic heterocycles. The number of fused-ring (bicyclic) bond motifs is 12. The second-order valence-corrected chi connectivity index (χ2v) is 21.3. The maximum absolute atomic E-state index is 2.37. The zero-order valence-electron chi connectivity index (χ0n) is 44.8. The van der Waals surface area contributed by atoms with E-state index in [1.165, 1.54) is 143 Å². The molecule has 0 saturated heterocycles. The van der Waals surface area contributed by atoms with Crippen molar-refractivity contribution in [1.82, 2.24) is 18.3 Å². The van der Waals surface area contributed by atoms with Crippen molar-refractivity contribution < 1.29 is 0 Å². The van der Waals surface area contributed by atoms with Crippen LogP contribution in [0.1, 0.15) is 0 Å². The highest BCUT2D eigenvalue weighted by atomic mass is 15.0. The van der Waals surface area contributed by atoms with Gasteiger partial charge in [0, 0.05) is 65.8 Å². The highest BCUT2D eigenvalue weighted by Gasteiger charge is 2.18. The molecule has 4 heterocycles. The van der Waals surface area contributed by atoms with E-state index in [0.717, 1.165) is 0 Å². The number of para-hydroxylation sites is 8. The molecule has 4 heteroatoms. The molecule has 0 atom stereocenters. The lowest BCUT2D eigenvalue weighted by Crippen LogP contribution is -1.93. The van der Waals surface area contributed by atoms with Crippen LogP contribution in [0.5, 0.6) is 0 Å². The Hall–Kier alpha value is -10.9. The van der Waals surface area contributed by atoms with Crippen LogP contribution >= 0.6 is 0 Å². The number of benzene rings is 13. The molecule has 0 aliphatic carbocycles. The van der Waals surface area contributed by atoms with Gasteiger partial charge in [-0.1, -0.05) is 194 Å². The van der Waals surface area contributed by atoms with E-state index in [1.807, 2.05) is 0 Å². The van der Waals surface area contributed by atoms with Crippen LogP contribution in [0.15, 0.2) is 315 Å². The van der Waals surface area contributed by atoms with E-state index in [0.29, 0.717) is 0 Å². The summed E-state index contributed by atoms with van der Waals surface area (Å²) < 4.78 is 9.46. The van der Waals surface area contributed by atoms with E-state index in [9.17, 15) is 0 Å². The quantitative estimate of drug-likeness (QED) is 0.152. The minimum atomic E-state index is 1.18. The molecular weight excluding hydrogens is 993 g/mol. The van der Waals surface area contributed by atoms with Crippen LogP contribution in [0, 0.1) is 0 Å². The van der Waals surface area contributed by atoms with Gasteiger partial charge >= 0.3 is 0 Å². The van der Waals surface area contributed by atoms with Gasteiger partial charge in [0.05, 0.1) is 44.1 Å². The molecule has 17 rings (SSSR count). The Morgan fingerprint density at radius 2 is 0.317 bits per heavy atom. The Labute approximate surface area is 474 Å². The van der Waals surface area contributed by atoms with Crippen LogP contribution < -0.4 is 0 Å². The van der Waals surface area contributed by atoms with Crippen molar-refractivity contribution in [2.45, 2.75) is 0 Å². The summed E-state index contributed by atoms with van der Waals surface area (Å²) in [7, 11) is 0. The van der Waals surface area contributed by atoms with E-state index in [-0.39, 0.29) is 0 Å². The average Bonchev–Trinajstić information content (AvgIpc) is 4.44. The molecule has 0 amide bonds. The van der Waals surface area contributed by atoms with Gasteiger partial charge in [-0.3, -0.25) is 0 Å². The largest absolute Gasteiger partial charge is 0.309 e. The fourth-order valence-corrected chi connectivity index (χ4v) is 12.9. The third kappa shape index (κ3) is 7.76. The molecule has 0 saturated carbocycles. The summed E-state index contributed by atoms with van der Waals surface area (Å²) in [6, 6.07) is 114. The van der Waals surface area contributed by atoms with E-state index in [1.54, 1.807) is 0 Å². The standard InChI is InChI=1S/C42H28N2.C36H24N2/c1-3-11-33(12-4-1)43-39-17-9-7-15-35(39)37-27-31(23-25-41(37)43)29-19-21-30(22-20-29)32-24-26-42-38(28-32)36-16-8-10-18-40(36)44(42)34-13-5-2-6-14-34;1-3-11-27(12-4-1)37-33-17-9-7-15-29(33)31-23-25(19-21-35(31)37)26-20-22-36-32(24-26)30-16-8-10-18-34(30)38(36)28-13-5-2-6-14-28/h1-28H;1-24H. The van der Waals surface area contributed by atoms with Gasteiger partial charge in [0.2, 0.25) is 0 Å². The fraction of sp³-hybridized carbons (Fsp3) is 0. The van der Waals surface area contributed by atoms with Crippen LogP contribution in [-0.4, -0.2) is 18.3 Å². The van der Waals surface area contributed by atoms with Crippen LogP contribution in [0.3, 0.4) is 0 Å². The average molecular weight is 1050 g/mol. The summed E-state index contributed by atoms with van der Waals surface area (Å²) in [5, 5.41) is 10.2. The number of nitrogens with zero attached hydrogens (tertiary/aromatic N) is 4. The molecule has 4 aromatic heterocycles. The van der Waals surface area contributed by atoms with Crippen molar-refractivity contribution in [3.05, 3.63) is 315 Å². The van der Waals surface area contributed by atoms with Crippen LogP contribution in [0.25, 0.3) is 143 Å². The van der Waals surface area contributed by atoms with Crippen LogP contribution in [0.4, 0.5) is 0 Å². The lowest BCUT2D eigenvalue weighted by Gasteiger charge is -2.09. The predicted molar refractivity (Wildman–Crippen MR) is 347 cm³/mol. The summed E-state index contributed by atoms with van der Waals surface area (Å²) in [4.78, 5) is 0. The third-order valence-electron chi connectivity index (χ3n) is 16.6. The first-order chi connectivity index (χ1) is 40.7. The molecule has 0 radical (unpaired) electrons. The van der Waals surface area contributed by atoms with Gasteiger partial charge in [-0.05, 0) is 155 Å². The Morgan fingerprint density at radius 3 is 0.561 bits per heavy atom. The fourth-order valence-electron chi connectivity index (χ4n) is 12.9. The highest BCUT2D eigenvalue weighted by Crippen LogP contribution is 2.41. The predicted octanol–water partition coefficient (Wildman–Crippen LogP) is 20.8. The molecule has 0 unspecified atom stereocenters. The van der Waals surface area contributed by atoms with E-state index in [4.69, 9.17) is 0 Å². The Morgan fingerprint density at radius 1 is 0.134 bits per heavy atom. The van der Waals surface area contributed by atoms with E-state index < -0.39 is 0 Å². The molecule has 0 N–H and O–H groups in total. The summed E-state index contributed by atoms with van der Waals surface area (Å²) in [5.74, 6) is 0. The van der Waals surface area contributed by atoms with E-state index in [2.05, 4.69) is 334 Å². The van der Waals surface area contributed by atoms with Crippen molar-refractivity contribution in [3.63, 3.8) is 0 Å². The Balaban J connectivity index is 0.000000136. The molecule has 0 fully saturated rings. The summed E-state index contributed by atoms with van der Waals surface area (Å²) in [5.41, 5.74) is 21.9. The van der Waals surface area contributed by atoms with Gasteiger partial charge in [-0.15, -0.1) is 0 Å². The molecule has 0 aliphatic rings. The van der Waals surface area contributed by atoms with Gasteiger partial charge in [-0.25, -0.2) is 0 Å². The topological polar surface area (TPSA) is 19.7 Å². The first-order valence-corrected chi connectivity index (χ1v) is 28.2. The smallest absolute Gasteiger partial charge is 0.0541 e. The molecule has 17 aromatic rings. The summed E-state index contributed by atoms with van der Waals surface area (Å²) >= 11 is 0. The first kappa shape index (κ1) is 47.1. The SMILES string of the molecule is c1ccc(-n2c3ccccc3c3cc(-c4ccc(-c5ccc6c(c5)c5ccccc5n6-c5ccccc5)cc4)ccc32)cc1.c1ccc(-n2c3ccccc3c3cc(-c4ccc5c(c4)c4ccccc4n5-c4ccccc4)ccc32)cc1. The van der Waals surface area contributed by atoms with Crippen LogP contribution in [-0.2, 0) is 0 Å². The van der Waals surface area contributed by atoms with Gasteiger partial charge in [0.15, 0.2) is 0 Å². The number of hydrogen-bond acceptors (Lipinski definition) is 0. The minimum Gasteiger partial charge on any atom is -0.309 e. The minimum absolute atomic E-state index is 1.18. The molecule has 4 nitrogen and oxygen atoms in total. The second kappa shape index (κ2) is 19.5. The molecule has 384 valence electrons. The zero-order chi connectivity index (χ0) is 54.1. The molecule has 13 aromatic carbocycles. The molecular formula is C78H52N4. The maximum atomic E-state index is 2.37. The third-order valence-corrected chi connectivity index (χ3v) is 16.6. The van der Waals surface area contributed by atoms with Crippen molar-refractivity contribution in [3.8, 4) is 56.1 Å². The highest BCUT2D eigenvalue weighted by molar-refractivity contribution is 6.14. The Bertz CT molecular complexity index is 4910. The number of aromatic nitrogens is 4. The number of rotatable bonds is 7. The van der Waals surface area contributed by atoms with Crippen LogP contribution in [0.2, 0.25) is 0 Å². The number of hydrogen-bond donors (Lipinski definition) is 0. The first-order valence-electron chi connectivity index (χ1n) is 28.2. The van der Waals surface area contributed by atoms with Crippen molar-refractivity contribution in [2.24, 2.45) is 0 Å². The maximum Gasteiger partial charge on any atom is 0.0541 e. The van der Waals surface area contributed by atoms with Crippen molar-refractivity contribution in [1.29, 1.82) is 0 Å². The second-order valence-electron chi connectivity index (χ2n) is 21.3. The molecule has 0 bridgehead atoms. The van der Waals surface area contributed by atoms with Gasteiger partial charge in [0.25, 0.3) is 0 Å². The summed E-state index contributed by atoms with van der Waals surface area (Å²) in [6.07, 6.45) is 0. The Kier molecular flexibility index (Phi) is 11.2. The molecule has 0 spiro atoms. The zero-order valence-corrected chi connectivity index (χ0v) is 44.8. The summed E-state index contributed by atoms with van der Waals surface area (Å²) in [6.45, 7) is 0. The van der Waals surface area contributed by atoms with Gasteiger partial charge in [0.1, 0.15) is 0 Å². The van der Waals surface area contributed by atoms with E-state index >= 15 is 0 Å². The lowest BCUT2D eigenvalue weighted by molar-refractivity contribution is 1.18.